The highest BCUT2D eigenvalue weighted by Crippen LogP contribution is 2.36. The van der Waals surface area contributed by atoms with E-state index in [1.54, 1.807) is 0 Å². The molecular formula is C100H80N6. The molecule has 0 saturated heterocycles. The van der Waals surface area contributed by atoms with Gasteiger partial charge >= 0.3 is 0 Å². The third-order valence-electron chi connectivity index (χ3n) is 18.6. The first kappa shape index (κ1) is 69.7. The Hall–Kier alpha value is -13.4. The van der Waals surface area contributed by atoms with Crippen LogP contribution in [0.25, 0.3) is 124 Å². The molecule has 0 spiro atoms. The summed E-state index contributed by atoms with van der Waals surface area (Å²) in [7, 11) is 0. The number of rotatable bonds is 13. The molecule has 16 aromatic rings. The minimum atomic E-state index is 0.251. The number of hydrogen-bond acceptors (Lipinski definition) is 6. The topological polar surface area (TPSA) is 76.8 Å². The fourth-order valence-electron chi connectivity index (χ4n) is 13.0. The predicted octanol–water partition coefficient (Wildman–Crippen LogP) is 25.9. The van der Waals surface area contributed by atoms with E-state index < -0.39 is 0 Å². The molecule has 3 aromatic heterocycles. The second-order valence-corrected chi connectivity index (χ2v) is 26.5. The van der Waals surface area contributed by atoms with E-state index in [0.717, 1.165) is 102 Å². The van der Waals surface area contributed by atoms with E-state index in [2.05, 4.69) is 355 Å². The first-order chi connectivity index (χ1) is 52.2. The minimum Gasteiger partial charge on any atom is -0.276 e. The smallest absolute Gasteiger partial charge is 0.160 e. The van der Waals surface area contributed by atoms with Crippen molar-refractivity contribution in [3.05, 3.63) is 428 Å². The highest BCUT2D eigenvalue weighted by Gasteiger charge is 2.19. The number of allylic oxidation sites excluding steroid dienone is 1. The number of nitrogens with zero attached hydrogens (tertiary/aromatic N) is 6. The van der Waals surface area contributed by atoms with Gasteiger partial charge in [-0.3, -0.25) is 4.99 Å². The van der Waals surface area contributed by atoms with Gasteiger partial charge in [0.15, 0.2) is 11.6 Å². The summed E-state index contributed by atoms with van der Waals surface area (Å²) < 4.78 is 0. The Morgan fingerprint density at radius 3 is 1.00 bits per heavy atom. The van der Waals surface area contributed by atoms with Gasteiger partial charge in [-0.15, -0.1) is 0 Å². The van der Waals surface area contributed by atoms with Gasteiger partial charge in [-0.1, -0.05) is 375 Å². The molecule has 0 fully saturated rings. The van der Waals surface area contributed by atoms with E-state index in [-0.39, 0.29) is 6.04 Å². The van der Waals surface area contributed by atoms with E-state index in [0.29, 0.717) is 0 Å². The van der Waals surface area contributed by atoms with Gasteiger partial charge in [-0.05, 0) is 121 Å². The van der Waals surface area contributed by atoms with Crippen molar-refractivity contribution in [1.82, 2.24) is 24.9 Å². The molecule has 1 aliphatic heterocycles. The van der Waals surface area contributed by atoms with Gasteiger partial charge in [-0.2, -0.15) is 0 Å². The highest BCUT2D eigenvalue weighted by atomic mass is 14.9. The molecule has 0 bridgehead atoms. The molecule has 510 valence electrons. The molecule has 4 heterocycles. The molecule has 0 N–H and O–H groups in total. The summed E-state index contributed by atoms with van der Waals surface area (Å²) >= 11 is 0. The van der Waals surface area contributed by atoms with Gasteiger partial charge in [0.05, 0.1) is 45.9 Å². The molecule has 1 aliphatic rings. The van der Waals surface area contributed by atoms with E-state index in [1.807, 2.05) is 66.7 Å². The first-order valence-electron chi connectivity index (χ1n) is 36.1. The zero-order valence-electron chi connectivity index (χ0n) is 60.0. The lowest BCUT2D eigenvalue weighted by atomic mass is 9.94. The third kappa shape index (κ3) is 17.9. The van der Waals surface area contributed by atoms with E-state index in [1.165, 1.54) is 66.8 Å². The molecule has 106 heavy (non-hydrogen) atoms. The van der Waals surface area contributed by atoms with Gasteiger partial charge in [-0.25, -0.2) is 24.9 Å². The fourth-order valence-corrected chi connectivity index (χ4v) is 13.0. The Kier molecular flexibility index (Phi) is 22.4. The van der Waals surface area contributed by atoms with Gasteiger partial charge in [0, 0.05) is 44.5 Å². The molecule has 1 unspecified atom stereocenters. The SMILES string of the molecule is CC1=CC(c2ccccc2)=NC(c2ccccc2)C1.Cc1cccc(-c2cc(-c3ccc(-c4ccccc4)cc3)nc(-c3ccccc3)n2)c1.Cc1cccc(-c2cc(-c3ccccc3)nc(-c3ccccc3)c2)c1.Cc1ccccc1-c1cc(-c2ccc(-c3ccccc3)cc2)nc(-c2ccccc2)n1. The Bertz CT molecular complexity index is 5540. The maximum absolute atomic E-state index is 4.92. The van der Waals surface area contributed by atoms with Crippen LogP contribution in [0, 0.1) is 20.8 Å². The standard InChI is InChI=1S/2C29H22N2.C24H19N.C18H17N/c1-21-10-8-9-15-26(21)28-20-27(30-29(31-28)25-13-6-3-7-14-25)24-18-16-23(17-19-24)22-11-4-2-5-12-22;1-21-9-8-14-26(19-21)28-20-27(30-29(31-28)25-12-6-3-7-13-25)24-17-15-23(16-18-24)22-10-4-2-5-11-22;1-18-9-8-14-21(15-18)22-16-23(19-10-4-2-5-11-19)25-24(17-22)20-12-6-3-7-13-20;1-14-12-17(15-8-4-2-5-9-15)19-18(13-14)16-10-6-3-7-11-16/h2*2-20H,1H3;2-17H,1H3;2-12,18H,13H2,1H3. The number of aromatic nitrogens is 5. The molecule has 0 aliphatic carbocycles. The summed E-state index contributed by atoms with van der Waals surface area (Å²) in [5.74, 6) is 1.48. The van der Waals surface area contributed by atoms with Crippen molar-refractivity contribution in [2.45, 2.75) is 40.2 Å². The van der Waals surface area contributed by atoms with Crippen LogP contribution in [0.5, 0.6) is 0 Å². The molecule has 6 nitrogen and oxygen atoms in total. The monoisotopic (exact) mass is 1360 g/mol. The minimum absolute atomic E-state index is 0.251. The van der Waals surface area contributed by atoms with Crippen LogP contribution in [0.3, 0.4) is 0 Å². The zero-order chi connectivity index (χ0) is 72.2. The Labute approximate surface area is 623 Å². The van der Waals surface area contributed by atoms with Gasteiger partial charge in [0.2, 0.25) is 0 Å². The second kappa shape index (κ2) is 34.0. The normalized spacial score (nSPS) is 12.1. The molecule has 0 saturated carbocycles. The van der Waals surface area contributed by atoms with Crippen molar-refractivity contribution in [2.75, 3.05) is 0 Å². The molecule has 1 atom stereocenters. The van der Waals surface area contributed by atoms with Gasteiger partial charge in [0.25, 0.3) is 0 Å². The van der Waals surface area contributed by atoms with Crippen LogP contribution >= 0.6 is 0 Å². The fraction of sp³-hybridized carbons (Fsp3) is 0.0600. The lowest BCUT2D eigenvalue weighted by Gasteiger charge is -2.20. The first-order valence-corrected chi connectivity index (χ1v) is 36.1. The summed E-state index contributed by atoms with van der Waals surface area (Å²) in [6, 6.07) is 134. The molecular weight excluding hydrogens is 1290 g/mol. The average Bonchev–Trinajstić information content (AvgIpc) is 0.810. The number of aryl methyl sites for hydroxylation is 3. The van der Waals surface area contributed by atoms with Crippen LogP contribution in [-0.2, 0) is 0 Å². The highest BCUT2D eigenvalue weighted by molar-refractivity contribution is 6.09. The summed E-state index contributed by atoms with van der Waals surface area (Å²) in [4.78, 5) is 29.5. The van der Waals surface area contributed by atoms with Crippen molar-refractivity contribution in [1.29, 1.82) is 0 Å². The van der Waals surface area contributed by atoms with Crippen LogP contribution in [0.15, 0.2) is 405 Å². The Morgan fingerprint density at radius 2 is 0.547 bits per heavy atom. The molecule has 17 rings (SSSR count). The molecule has 13 aromatic carbocycles. The number of pyridine rings is 1. The summed E-state index contributed by atoms with van der Waals surface area (Å²) in [5.41, 5.74) is 30.3. The predicted molar refractivity (Wildman–Crippen MR) is 443 cm³/mol. The van der Waals surface area contributed by atoms with Crippen molar-refractivity contribution in [3.8, 4) is 124 Å². The van der Waals surface area contributed by atoms with E-state index in [4.69, 9.17) is 29.9 Å². The quantitative estimate of drug-likeness (QED) is 0.115. The van der Waals surface area contributed by atoms with E-state index in [9.17, 15) is 0 Å². The van der Waals surface area contributed by atoms with Crippen LogP contribution in [0.1, 0.15) is 47.2 Å². The molecule has 6 heteroatoms. The maximum atomic E-state index is 4.92. The van der Waals surface area contributed by atoms with E-state index >= 15 is 0 Å². The zero-order valence-corrected chi connectivity index (χ0v) is 60.0. The van der Waals surface area contributed by atoms with Crippen molar-refractivity contribution in [2.24, 2.45) is 4.99 Å². The molecule has 0 radical (unpaired) electrons. The summed E-state index contributed by atoms with van der Waals surface area (Å²) in [6.45, 7) is 8.54. The van der Waals surface area contributed by atoms with Crippen LogP contribution < -0.4 is 0 Å². The van der Waals surface area contributed by atoms with Crippen LogP contribution in [0.2, 0.25) is 0 Å². The van der Waals surface area contributed by atoms with Gasteiger partial charge in [0.1, 0.15) is 0 Å². The summed E-state index contributed by atoms with van der Waals surface area (Å²) in [6.07, 6.45) is 3.22. The Morgan fingerprint density at radius 1 is 0.226 bits per heavy atom. The van der Waals surface area contributed by atoms with Crippen molar-refractivity contribution in [3.63, 3.8) is 0 Å². The van der Waals surface area contributed by atoms with Gasteiger partial charge < -0.3 is 0 Å². The number of dihydropyridines is 1. The molecule has 0 amide bonds. The number of aliphatic imine (C=N–C) groups is 1. The van der Waals surface area contributed by atoms with Crippen LogP contribution in [0.4, 0.5) is 0 Å². The van der Waals surface area contributed by atoms with Crippen LogP contribution in [-0.4, -0.2) is 30.6 Å². The van der Waals surface area contributed by atoms with Crippen molar-refractivity contribution < 1.29 is 0 Å². The number of hydrogen-bond donors (Lipinski definition) is 0. The maximum Gasteiger partial charge on any atom is 0.160 e. The lowest BCUT2D eigenvalue weighted by Crippen LogP contribution is -2.09. The average molecular weight is 1370 g/mol. The largest absolute Gasteiger partial charge is 0.276 e. The van der Waals surface area contributed by atoms with Crippen molar-refractivity contribution >= 4 is 5.71 Å². The third-order valence-corrected chi connectivity index (χ3v) is 18.6. The number of benzene rings is 13. The lowest BCUT2D eigenvalue weighted by molar-refractivity contribution is 0.710. The Balaban J connectivity index is 0.000000121. The second-order valence-electron chi connectivity index (χ2n) is 26.5. The summed E-state index contributed by atoms with van der Waals surface area (Å²) in [5, 5.41) is 0.